The van der Waals surface area contributed by atoms with Crippen LogP contribution in [0.1, 0.15) is 25.2 Å². The largest absolute Gasteiger partial charge is 0.381 e. The third-order valence-electron chi connectivity index (χ3n) is 2.01. The van der Waals surface area contributed by atoms with Crippen LogP contribution in [0.3, 0.4) is 0 Å². The second-order valence-electron chi connectivity index (χ2n) is 3.23. The van der Waals surface area contributed by atoms with Gasteiger partial charge in [0.1, 0.15) is 5.82 Å². The maximum absolute atomic E-state index is 5.24. The van der Waals surface area contributed by atoms with Gasteiger partial charge in [-0.05, 0) is 13.5 Å². The van der Waals surface area contributed by atoms with Crippen LogP contribution in [-0.2, 0) is 17.7 Å². The van der Waals surface area contributed by atoms with Crippen molar-refractivity contribution in [2.24, 2.45) is 0 Å². The molecule has 0 amide bonds. The zero-order valence-electron chi connectivity index (χ0n) is 9.49. The molecule has 0 aliphatic heterocycles. The van der Waals surface area contributed by atoms with E-state index in [4.69, 9.17) is 4.74 Å². The van der Waals surface area contributed by atoms with Crippen molar-refractivity contribution in [1.29, 1.82) is 0 Å². The second-order valence-corrected chi connectivity index (χ2v) is 3.23. The van der Waals surface area contributed by atoms with Crippen LogP contribution >= 0.6 is 0 Å². The molecule has 1 aromatic heterocycles. The summed E-state index contributed by atoms with van der Waals surface area (Å²) in [5.41, 5.74) is 1.12. The number of rotatable bonds is 7. The fourth-order valence-electron chi connectivity index (χ4n) is 1.18. The van der Waals surface area contributed by atoms with Gasteiger partial charge in [0.2, 0.25) is 0 Å². The summed E-state index contributed by atoms with van der Waals surface area (Å²) in [5, 5.41) is 3.23. The summed E-state index contributed by atoms with van der Waals surface area (Å²) in [6.45, 7) is 7.31. The molecule has 0 spiro atoms. The minimum Gasteiger partial charge on any atom is -0.381 e. The van der Waals surface area contributed by atoms with Gasteiger partial charge in [-0.2, -0.15) is 0 Å². The molecule has 0 fully saturated rings. The topological polar surface area (TPSA) is 47.0 Å². The number of aromatic nitrogens is 2. The van der Waals surface area contributed by atoms with Crippen LogP contribution in [0, 0.1) is 0 Å². The highest BCUT2D eigenvalue weighted by molar-refractivity contribution is 5.04. The van der Waals surface area contributed by atoms with Gasteiger partial charge in [0.05, 0.1) is 6.61 Å². The lowest BCUT2D eigenvalue weighted by Crippen LogP contribution is -2.12. The lowest BCUT2D eigenvalue weighted by molar-refractivity contribution is 0.149. The smallest absolute Gasteiger partial charge is 0.130 e. The summed E-state index contributed by atoms with van der Waals surface area (Å²) in [6.07, 6.45) is 4.53. The predicted octanol–water partition coefficient (Wildman–Crippen LogP) is 1.17. The Morgan fingerprint density at radius 2 is 2.00 bits per heavy atom. The van der Waals surface area contributed by atoms with E-state index in [1.807, 2.05) is 19.3 Å². The molecule has 0 aliphatic carbocycles. The minimum atomic E-state index is 0.697. The van der Waals surface area contributed by atoms with Gasteiger partial charge in [0.25, 0.3) is 0 Å². The average molecular weight is 209 g/mol. The molecule has 84 valence electrons. The molecular weight excluding hydrogens is 190 g/mol. The maximum Gasteiger partial charge on any atom is 0.130 e. The summed E-state index contributed by atoms with van der Waals surface area (Å²) in [5.74, 6) is 0.851. The molecule has 0 atom stereocenters. The van der Waals surface area contributed by atoms with Crippen LogP contribution in [0.2, 0.25) is 0 Å². The van der Waals surface area contributed by atoms with Gasteiger partial charge in [0, 0.05) is 37.5 Å². The Bertz CT molecular complexity index is 261. The number of hydrogen-bond acceptors (Lipinski definition) is 4. The van der Waals surface area contributed by atoms with Gasteiger partial charge < -0.3 is 10.1 Å². The molecule has 15 heavy (non-hydrogen) atoms. The lowest BCUT2D eigenvalue weighted by Gasteiger charge is -2.03. The van der Waals surface area contributed by atoms with Gasteiger partial charge in [-0.1, -0.05) is 6.92 Å². The molecule has 0 bridgehead atoms. The second kappa shape index (κ2) is 7.31. The Labute approximate surface area is 91.1 Å². The monoisotopic (exact) mass is 209 g/mol. The summed E-state index contributed by atoms with van der Waals surface area (Å²) in [6, 6.07) is 0. The number of nitrogens with one attached hydrogen (secondary N) is 1. The summed E-state index contributed by atoms with van der Waals surface area (Å²) in [4.78, 5) is 8.54. The zero-order valence-corrected chi connectivity index (χ0v) is 9.49. The van der Waals surface area contributed by atoms with Crippen molar-refractivity contribution in [2.75, 3.05) is 19.8 Å². The first kappa shape index (κ1) is 12.1. The molecule has 1 rings (SSSR count). The fourth-order valence-corrected chi connectivity index (χ4v) is 1.18. The van der Waals surface area contributed by atoms with E-state index >= 15 is 0 Å². The normalized spacial score (nSPS) is 10.5. The molecule has 0 aromatic carbocycles. The first-order valence-corrected chi connectivity index (χ1v) is 5.45. The molecule has 0 aliphatic rings. The molecule has 4 nitrogen and oxygen atoms in total. The van der Waals surface area contributed by atoms with Gasteiger partial charge in [-0.25, -0.2) is 9.97 Å². The number of hydrogen-bond donors (Lipinski definition) is 1. The average Bonchev–Trinajstić information content (AvgIpc) is 2.28. The molecule has 1 heterocycles. The summed E-state index contributed by atoms with van der Waals surface area (Å²) < 4.78 is 5.24. The van der Waals surface area contributed by atoms with Crippen molar-refractivity contribution in [3.63, 3.8) is 0 Å². The van der Waals surface area contributed by atoms with Crippen LogP contribution in [0.5, 0.6) is 0 Å². The third kappa shape index (κ3) is 4.85. The van der Waals surface area contributed by atoms with Crippen molar-refractivity contribution in [2.45, 2.75) is 26.8 Å². The Morgan fingerprint density at radius 3 is 2.60 bits per heavy atom. The van der Waals surface area contributed by atoms with E-state index in [9.17, 15) is 0 Å². The first-order chi connectivity index (χ1) is 7.36. The molecule has 1 aromatic rings. The predicted molar refractivity (Wildman–Crippen MR) is 59.6 cm³/mol. The lowest BCUT2D eigenvalue weighted by atomic mass is 10.3. The molecule has 1 N–H and O–H groups in total. The first-order valence-electron chi connectivity index (χ1n) is 5.45. The highest BCUT2D eigenvalue weighted by Gasteiger charge is 1.97. The third-order valence-corrected chi connectivity index (χ3v) is 2.01. The van der Waals surface area contributed by atoms with E-state index < -0.39 is 0 Å². The minimum absolute atomic E-state index is 0.697. The number of ether oxygens (including phenoxy) is 1. The Kier molecular flexibility index (Phi) is 5.88. The van der Waals surface area contributed by atoms with E-state index in [1.54, 1.807) is 0 Å². The summed E-state index contributed by atoms with van der Waals surface area (Å²) in [7, 11) is 0. The van der Waals surface area contributed by atoms with Gasteiger partial charge in [0.15, 0.2) is 0 Å². The van der Waals surface area contributed by atoms with Crippen molar-refractivity contribution in [1.82, 2.24) is 15.3 Å². The van der Waals surface area contributed by atoms with E-state index in [2.05, 4.69) is 22.2 Å². The van der Waals surface area contributed by atoms with Crippen LogP contribution in [0.25, 0.3) is 0 Å². The Morgan fingerprint density at radius 1 is 1.27 bits per heavy atom. The Hall–Kier alpha value is -1.00. The maximum atomic E-state index is 5.24. The molecular formula is C11H19N3O. The van der Waals surface area contributed by atoms with Gasteiger partial charge in [-0.3, -0.25) is 0 Å². The van der Waals surface area contributed by atoms with Crippen molar-refractivity contribution in [3.8, 4) is 0 Å². The highest BCUT2D eigenvalue weighted by atomic mass is 16.5. The molecule has 0 unspecified atom stereocenters. The van der Waals surface area contributed by atoms with E-state index in [1.165, 1.54) is 0 Å². The SMILES string of the molecule is CCNCc1cnc(CCOCC)nc1. The van der Waals surface area contributed by atoms with E-state index in [0.717, 1.165) is 37.5 Å². The molecule has 0 radical (unpaired) electrons. The molecule has 0 saturated carbocycles. The zero-order chi connectivity index (χ0) is 10.9. The van der Waals surface area contributed by atoms with Crippen molar-refractivity contribution in [3.05, 3.63) is 23.8 Å². The fraction of sp³-hybridized carbons (Fsp3) is 0.636. The quantitative estimate of drug-likeness (QED) is 0.685. The molecule has 0 saturated heterocycles. The van der Waals surface area contributed by atoms with Crippen LogP contribution < -0.4 is 5.32 Å². The van der Waals surface area contributed by atoms with Crippen molar-refractivity contribution < 1.29 is 4.74 Å². The Balaban J connectivity index is 2.35. The van der Waals surface area contributed by atoms with Gasteiger partial charge >= 0.3 is 0 Å². The van der Waals surface area contributed by atoms with Gasteiger partial charge in [-0.15, -0.1) is 0 Å². The number of nitrogens with zero attached hydrogens (tertiary/aromatic N) is 2. The van der Waals surface area contributed by atoms with Crippen LogP contribution in [0.4, 0.5) is 0 Å². The summed E-state index contributed by atoms with van der Waals surface area (Å²) >= 11 is 0. The highest BCUT2D eigenvalue weighted by Crippen LogP contribution is 1.96. The standard InChI is InChI=1S/C11H19N3O/c1-3-12-7-10-8-13-11(14-9-10)5-6-15-4-2/h8-9,12H,3-7H2,1-2H3. The van der Waals surface area contributed by atoms with E-state index in [0.29, 0.717) is 6.61 Å². The van der Waals surface area contributed by atoms with Crippen LogP contribution in [0.15, 0.2) is 12.4 Å². The van der Waals surface area contributed by atoms with Crippen molar-refractivity contribution >= 4 is 0 Å². The molecule has 4 heteroatoms. The van der Waals surface area contributed by atoms with E-state index in [-0.39, 0.29) is 0 Å². The van der Waals surface area contributed by atoms with Crippen LogP contribution in [-0.4, -0.2) is 29.7 Å².